The number of nitrogens with one attached hydrogen (secondary N) is 1. The third-order valence-corrected chi connectivity index (χ3v) is 2.67. The van der Waals surface area contributed by atoms with Crippen LogP contribution in [0.25, 0.3) is 0 Å². The van der Waals surface area contributed by atoms with Gasteiger partial charge in [-0.3, -0.25) is 9.59 Å². The normalized spacial score (nSPS) is 11.5. The van der Waals surface area contributed by atoms with E-state index in [1.807, 2.05) is 13.0 Å². The minimum atomic E-state index is -1.22. The van der Waals surface area contributed by atoms with E-state index in [9.17, 15) is 14.4 Å². The van der Waals surface area contributed by atoms with E-state index in [0.717, 1.165) is 5.56 Å². The van der Waals surface area contributed by atoms with Crippen molar-refractivity contribution in [1.82, 2.24) is 5.32 Å². The Labute approximate surface area is 122 Å². The molecule has 1 rings (SSSR count). The SMILES string of the molecule is Cc1cccc(OCC(=O)NC(CCC(N)=O)C(=O)O)c1. The summed E-state index contributed by atoms with van der Waals surface area (Å²) in [5.74, 6) is -1.89. The Morgan fingerprint density at radius 3 is 2.67 bits per heavy atom. The number of aliphatic carboxylic acids is 1. The predicted octanol–water partition coefficient (Wildman–Crippen LogP) is 0.209. The number of primary amides is 1. The van der Waals surface area contributed by atoms with Gasteiger partial charge in [-0.25, -0.2) is 4.79 Å². The Hall–Kier alpha value is -2.57. The summed E-state index contributed by atoms with van der Waals surface area (Å²) in [6, 6.07) is 5.97. The third-order valence-electron chi connectivity index (χ3n) is 2.67. The molecule has 0 aliphatic carbocycles. The van der Waals surface area contributed by atoms with Gasteiger partial charge in [0.2, 0.25) is 5.91 Å². The Balaban J connectivity index is 2.46. The molecule has 0 aromatic heterocycles. The summed E-state index contributed by atoms with van der Waals surface area (Å²) in [4.78, 5) is 33.3. The zero-order chi connectivity index (χ0) is 15.8. The van der Waals surface area contributed by atoms with Gasteiger partial charge in [0.15, 0.2) is 6.61 Å². The van der Waals surface area contributed by atoms with Gasteiger partial charge in [0.25, 0.3) is 5.91 Å². The van der Waals surface area contributed by atoms with Gasteiger partial charge in [0.05, 0.1) is 0 Å². The summed E-state index contributed by atoms with van der Waals surface area (Å²) >= 11 is 0. The van der Waals surface area contributed by atoms with Gasteiger partial charge in [-0.1, -0.05) is 12.1 Å². The molecule has 1 aromatic carbocycles. The summed E-state index contributed by atoms with van der Waals surface area (Å²) in [5.41, 5.74) is 5.94. The first-order valence-corrected chi connectivity index (χ1v) is 6.38. The highest BCUT2D eigenvalue weighted by Gasteiger charge is 2.20. The molecule has 2 amide bonds. The summed E-state index contributed by atoms with van der Waals surface area (Å²) in [5, 5.41) is 11.2. The minimum absolute atomic E-state index is 0.0547. The van der Waals surface area contributed by atoms with Crippen LogP contribution in [-0.4, -0.2) is 35.5 Å². The number of aryl methyl sites for hydroxylation is 1. The molecule has 0 aliphatic rings. The molecule has 0 radical (unpaired) electrons. The van der Waals surface area contributed by atoms with Crippen molar-refractivity contribution in [2.45, 2.75) is 25.8 Å². The van der Waals surface area contributed by atoms with Gasteiger partial charge in [0, 0.05) is 6.42 Å². The van der Waals surface area contributed by atoms with Crippen LogP contribution in [0, 0.1) is 6.92 Å². The number of ether oxygens (including phenoxy) is 1. The van der Waals surface area contributed by atoms with Crippen molar-refractivity contribution in [2.75, 3.05) is 6.61 Å². The van der Waals surface area contributed by atoms with Crippen molar-refractivity contribution in [3.8, 4) is 5.75 Å². The lowest BCUT2D eigenvalue weighted by molar-refractivity contribution is -0.142. The number of carboxylic acids is 1. The van der Waals surface area contributed by atoms with Crippen molar-refractivity contribution in [2.24, 2.45) is 5.73 Å². The second-order valence-electron chi connectivity index (χ2n) is 4.57. The summed E-state index contributed by atoms with van der Waals surface area (Å²) in [6.07, 6.45) is -0.170. The fourth-order valence-corrected chi connectivity index (χ4v) is 1.63. The molecule has 0 heterocycles. The van der Waals surface area contributed by atoms with Gasteiger partial charge in [-0.15, -0.1) is 0 Å². The molecule has 4 N–H and O–H groups in total. The zero-order valence-electron chi connectivity index (χ0n) is 11.7. The molecule has 114 valence electrons. The van der Waals surface area contributed by atoms with Crippen LogP contribution >= 0.6 is 0 Å². The number of rotatable bonds is 8. The van der Waals surface area contributed by atoms with Gasteiger partial charge >= 0.3 is 5.97 Å². The average molecular weight is 294 g/mol. The Bertz CT molecular complexity index is 530. The molecule has 1 aromatic rings. The van der Waals surface area contributed by atoms with Crippen molar-refractivity contribution >= 4 is 17.8 Å². The number of hydrogen-bond donors (Lipinski definition) is 3. The third kappa shape index (κ3) is 6.42. The molecule has 0 bridgehead atoms. The Morgan fingerprint density at radius 1 is 1.38 bits per heavy atom. The molecule has 1 atom stereocenters. The summed E-state index contributed by atoms with van der Waals surface area (Å²) in [7, 11) is 0. The highest BCUT2D eigenvalue weighted by molar-refractivity contribution is 5.85. The fourth-order valence-electron chi connectivity index (χ4n) is 1.63. The number of benzene rings is 1. The van der Waals surface area contributed by atoms with E-state index in [1.54, 1.807) is 18.2 Å². The quantitative estimate of drug-likeness (QED) is 0.633. The predicted molar refractivity (Wildman–Crippen MR) is 74.7 cm³/mol. The molecule has 1 unspecified atom stereocenters. The van der Waals surface area contributed by atoms with Crippen LogP contribution in [0.1, 0.15) is 18.4 Å². The lowest BCUT2D eigenvalue weighted by Gasteiger charge is -2.14. The van der Waals surface area contributed by atoms with Crippen LogP contribution in [0.15, 0.2) is 24.3 Å². The van der Waals surface area contributed by atoms with Gasteiger partial charge in [-0.2, -0.15) is 0 Å². The molecule has 7 heteroatoms. The molecular weight excluding hydrogens is 276 g/mol. The number of nitrogens with two attached hydrogens (primary N) is 1. The van der Waals surface area contributed by atoms with Crippen molar-refractivity contribution in [1.29, 1.82) is 0 Å². The monoisotopic (exact) mass is 294 g/mol. The standard InChI is InChI=1S/C14H18N2O5/c1-9-3-2-4-10(7-9)21-8-13(18)16-11(14(19)20)5-6-12(15)17/h2-4,7,11H,5-6,8H2,1H3,(H2,15,17)(H,16,18)(H,19,20). The van der Waals surface area contributed by atoms with Crippen LogP contribution < -0.4 is 15.8 Å². The lowest BCUT2D eigenvalue weighted by Crippen LogP contribution is -2.43. The van der Waals surface area contributed by atoms with Crippen molar-refractivity contribution in [3.63, 3.8) is 0 Å². The van der Waals surface area contributed by atoms with E-state index in [4.69, 9.17) is 15.6 Å². The van der Waals surface area contributed by atoms with E-state index >= 15 is 0 Å². The van der Waals surface area contributed by atoms with Crippen LogP contribution in [-0.2, 0) is 14.4 Å². The molecule has 0 saturated heterocycles. The van der Waals surface area contributed by atoms with E-state index < -0.39 is 23.8 Å². The molecule has 7 nitrogen and oxygen atoms in total. The average Bonchev–Trinajstić information content (AvgIpc) is 2.40. The Morgan fingerprint density at radius 2 is 2.10 bits per heavy atom. The highest BCUT2D eigenvalue weighted by Crippen LogP contribution is 2.11. The summed E-state index contributed by atoms with van der Waals surface area (Å²) < 4.78 is 5.26. The second-order valence-corrected chi connectivity index (χ2v) is 4.57. The molecule has 21 heavy (non-hydrogen) atoms. The van der Waals surface area contributed by atoms with Crippen LogP contribution in [0.2, 0.25) is 0 Å². The number of carbonyl (C=O) groups excluding carboxylic acids is 2. The topological polar surface area (TPSA) is 119 Å². The van der Waals surface area contributed by atoms with Gasteiger partial charge in [-0.05, 0) is 31.0 Å². The number of amides is 2. The van der Waals surface area contributed by atoms with Gasteiger partial charge in [0.1, 0.15) is 11.8 Å². The number of carbonyl (C=O) groups is 3. The zero-order valence-corrected chi connectivity index (χ0v) is 11.7. The van der Waals surface area contributed by atoms with Crippen molar-refractivity contribution < 1.29 is 24.2 Å². The largest absolute Gasteiger partial charge is 0.484 e. The number of hydrogen-bond acceptors (Lipinski definition) is 4. The van der Waals surface area contributed by atoms with Crippen LogP contribution in [0.3, 0.4) is 0 Å². The van der Waals surface area contributed by atoms with E-state index in [0.29, 0.717) is 5.75 Å². The first-order chi connectivity index (χ1) is 9.88. The first kappa shape index (κ1) is 16.5. The fraction of sp³-hybridized carbons (Fsp3) is 0.357. The van der Waals surface area contributed by atoms with E-state index in [2.05, 4.69) is 5.32 Å². The molecule has 0 fully saturated rings. The maximum absolute atomic E-state index is 11.6. The highest BCUT2D eigenvalue weighted by atomic mass is 16.5. The molecule has 0 saturated carbocycles. The van der Waals surface area contributed by atoms with Crippen molar-refractivity contribution in [3.05, 3.63) is 29.8 Å². The van der Waals surface area contributed by atoms with Crippen LogP contribution in [0.5, 0.6) is 5.75 Å². The molecular formula is C14H18N2O5. The van der Waals surface area contributed by atoms with E-state index in [1.165, 1.54) is 0 Å². The first-order valence-electron chi connectivity index (χ1n) is 6.38. The smallest absolute Gasteiger partial charge is 0.326 e. The second kappa shape index (κ2) is 7.88. The lowest BCUT2D eigenvalue weighted by atomic mass is 10.1. The maximum Gasteiger partial charge on any atom is 0.326 e. The Kier molecular flexibility index (Phi) is 6.19. The van der Waals surface area contributed by atoms with Crippen LogP contribution in [0.4, 0.5) is 0 Å². The number of carboxylic acid groups (broad SMARTS) is 1. The molecule has 0 spiro atoms. The molecule has 0 aliphatic heterocycles. The maximum atomic E-state index is 11.6. The van der Waals surface area contributed by atoms with Gasteiger partial charge < -0.3 is 20.9 Å². The summed E-state index contributed by atoms with van der Waals surface area (Å²) in [6.45, 7) is 1.58. The van der Waals surface area contributed by atoms with E-state index in [-0.39, 0.29) is 19.4 Å². The minimum Gasteiger partial charge on any atom is -0.484 e.